The van der Waals surface area contributed by atoms with E-state index in [1.807, 2.05) is 103 Å². The molecular weight excluding hydrogens is 735 g/mol. The highest BCUT2D eigenvalue weighted by molar-refractivity contribution is 6.24. The lowest BCUT2D eigenvalue weighted by Crippen LogP contribution is -2.54. The Labute approximate surface area is 336 Å². The van der Waals surface area contributed by atoms with Crippen LogP contribution in [0, 0.1) is 5.92 Å². The zero-order valence-corrected chi connectivity index (χ0v) is 31.8. The van der Waals surface area contributed by atoms with Gasteiger partial charge in [0.15, 0.2) is 0 Å². The number of imide groups is 1. The number of aliphatic hydroxyl groups excluding tert-OH is 1. The fourth-order valence-electron chi connectivity index (χ4n) is 9.10. The first-order chi connectivity index (χ1) is 28.3. The average molecular weight is 778 g/mol. The molecule has 0 aliphatic carbocycles. The molecule has 3 aliphatic rings. The third-order valence-corrected chi connectivity index (χ3v) is 11.4. The van der Waals surface area contributed by atoms with E-state index in [-0.39, 0.29) is 25.5 Å². The largest absolute Gasteiger partial charge is 0.491 e. The number of morpholine rings is 1. The van der Waals surface area contributed by atoms with Crippen molar-refractivity contribution in [1.82, 2.24) is 10.2 Å². The van der Waals surface area contributed by atoms with Crippen molar-refractivity contribution in [3.8, 4) is 5.75 Å². The number of hydrogen-bond donors (Lipinski definition) is 2. The molecule has 7 atom stereocenters. The third-order valence-electron chi connectivity index (χ3n) is 11.4. The van der Waals surface area contributed by atoms with Crippen LogP contribution in [0.5, 0.6) is 5.75 Å². The van der Waals surface area contributed by atoms with Crippen LogP contribution in [0.4, 0.5) is 10.5 Å². The van der Waals surface area contributed by atoms with E-state index in [0.29, 0.717) is 22.4 Å². The summed E-state index contributed by atoms with van der Waals surface area (Å²) >= 11 is 0. The van der Waals surface area contributed by atoms with Crippen molar-refractivity contribution in [2.75, 3.05) is 24.7 Å². The van der Waals surface area contributed by atoms with E-state index in [1.165, 1.54) is 6.08 Å². The molecule has 5 aromatic rings. The lowest BCUT2D eigenvalue weighted by atomic mass is 9.65. The number of hydrogen-bond acceptors (Lipinski definition) is 9. The van der Waals surface area contributed by atoms with Gasteiger partial charge in [0.2, 0.25) is 5.91 Å². The van der Waals surface area contributed by atoms with Gasteiger partial charge in [-0.3, -0.25) is 19.3 Å². The molecule has 3 amide bonds. The maximum absolute atomic E-state index is 16.1. The fraction of sp³-hybridized carbons (Fsp3) is 0.234. The van der Waals surface area contributed by atoms with Crippen LogP contribution in [-0.2, 0) is 29.3 Å². The van der Waals surface area contributed by atoms with Crippen molar-refractivity contribution < 1.29 is 38.5 Å². The number of rotatable bonds is 11. The summed E-state index contributed by atoms with van der Waals surface area (Å²) < 4.78 is 18.5. The van der Waals surface area contributed by atoms with E-state index in [4.69, 9.17) is 14.2 Å². The molecule has 11 nitrogen and oxygen atoms in total. The second-order valence-electron chi connectivity index (χ2n) is 14.5. The Morgan fingerprint density at radius 1 is 0.845 bits per heavy atom. The summed E-state index contributed by atoms with van der Waals surface area (Å²) in [5.74, 6) is -3.50. The molecule has 0 bridgehead atoms. The summed E-state index contributed by atoms with van der Waals surface area (Å²) in [4.78, 5) is 63.6. The molecule has 3 heterocycles. The molecule has 7 unspecified atom stereocenters. The lowest BCUT2D eigenvalue weighted by Gasteiger charge is -2.46. The topological polar surface area (TPSA) is 135 Å². The number of nitrogens with one attached hydrogen (secondary N) is 1. The van der Waals surface area contributed by atoms with Gasteiger partial charge >= 0.3 is 18.0 Å². The van der Waals surface area contributed by atoms with Crippen molar-refractivity contribution in [1.29, 1.82) is 0 Å². The number of nitrogens with zero attached hydrogens (tertiary/aromatic N) is 2. The average Bonchev–Trinajstić information content (AvgIpc) is 3.72. The number of urea groups is 1. The first-order valence-corrected chi connectivity index (χ1v) is 19.3. The number of benzene rings is 5. The van der Waals surface area contributed by atoms with Gasteiger partial charge in [0.1, 0.15) is 42.4 Å². The Morgan fingerprint density at radius 2 is 1.47 bits per heavy atom. The van der Waals surface area contributed by atoms with Crippen LogP contribution >= 0.6 is 0 Å². The van der Waals surface area contributed by atoms with Gasteiger partial charge < -0.3 is 24.6 Å². The first kappa shape index (κ1) is 38.3. The molecule has 58 heavy (non-hydrogen) atoms. The van der Waals surface area contributed by atoms with Gasteiger partial charge in [0.05, 0.1) is 30.4 Å². The smallest absolute Gasteiger partial charge is 0.329 e. The van der Waals surface area contributed by atoms with Crippen LogP contribution in [-0.4, -0.2) is 59.7 Å². The number of amides is 3. The molecule has 5 aromatic carbocycles. The van der Waals surface area contributed by atoms with Crippen LogP contribution in [0.3, 0.4) is 0 Å². The molecule has 8 rings (SSSR count). The van der Waals surface area contributed by atoms with Crippen molar-refractivity contribution in [2.24, 2.45) is 5.92 Å². The molecule has 0 radical (unpaired) electrons. The fourth-order valence-corrected chi connectivity index (χ4v) is 9.10. The Morgan fingerprint density at radius 3 is 2.16 bits per heavy atom. The third kappa shape index (κ3) is 6.32. The number of anilines is 1. The van der Waals surface area contributed by atoms with Gasteiger partial charge in [-0.05, 0) is 41.3 Å². The number of cyclic esters (lactones) is 1. The highest BCUT2D eigenvalue weighted by atomic mass is 16.6. The Kier molecular flexibility index (Phi) is 10.7. The zero-order valence-electron chi connectivity index (χ0n) is 31.8. The van der Waals surface area contributed by atoms with E-state index in [0.717, 1.165) is 16.0 Å². The Bertz CT molecular complexity index is 2320. The molecule has 11 heteroatoms. The predicted octanol–water partition coefficient (Wildman–Crippen LogP) is 6.92. The number of esters is 2. The number of carbonyl (C=O) groups excluding carboxylic acids is 4. The number of carbonyl (C=O) groups is 4. The molecule has 2 N–H and O–H groups in total. The summed E-state index contributed by atoms with van der Waals surface area (Å²) in [6, 6.07) is 37.6. The Balaban J connectivity index is 1.42. The van der Waals surface area contributed by atoms with Gasteiger partial charge in [-0.25, -0.2) is 9.69 Å². The van der Waals surface area contributed by atoms with Crippen LogP contribution in [0.1, 0.15) is 59.0 Å². The van der Waals surface area contributed by atoms with Crippen LogP contribution in [0.15, 0.2) is 152 Å². The quantitative estimate of drug-likeness (QED) is 0.108. The summed E-state index contributed by atoms with van der Waals surface area (Å²) in [6.45, 7) is 5.00. The van der Waals surface area contributed by atoms with Crippen LogP contribution < -0.4 is 15.0 Å². The van der Waals surface area contributed by atoms with Gasteiger partial charge in [0, 0.05) is 5.56 Å². The lowest BCUT2D eigenvalue weighted by molar-refractivity contribution is -0.180. The monoisotopic (exact) mass is 777 g/mol. The molecule has 1 spiro atoms. The maximum atomic E-state index is 16.1. The van der Waals surface area contributed by atoms with Gasteiger partial charge in [-0.2, -0.15) is 0 Å². The minimum atomic E-state index is -1.97. The van der Waals surface area contributed by atoms with Crippen molar-refractivity contribution in [3.05, 3.63) is 180 Å². The van der Waals surface area contributed by atoms with Crippen LogP contribution in [0.25, 0.3) is 0 Å². The van der Waals surface area contributed by atoms with Crippen LogP contribution in [0.2, 0.25) is 0 Å². The molecular formula is C47H43N3O8. The zero-order chi connectivity index (χ0) is 40.4. The minimum Gasteiger partial charge on any atom is -0.491 e. The standard InChI is InChI=1S/C47H43N3O8/c1-3-28-57-43(52)38-40-44(53)58-41(33-21-11-6-12-22-33)39(32-19-9-5-10-20-32)50(40)42(34-23-13-16-26-37(34)56-29-27-51)47(38)35-24-14-15-25-36(35)49(45(47)54)46(55)48-30(2)31-17-7-4-8-18-31/h3-26,30,38-42,51H,1,27-29H2,2H3,(H,48,55). The summed E-state index contributed by atoms with van der Waals surface area (Å²) in [5, 5.41) is 12.9. The number of aliphatic hydroxyl groups is 1. The molecule has 0 aromatic heterocycles. The summed E-state index contributed by atoms with van der Waals surface area (Å²) in [7, 11) is 0. The highest BCUT2D eigenvalue weighted by Crippen LogP contribution is 2.66. The minimum absolute atomic E-state index is 0.0712. The van der Waals surface area contributed by atoms with Gasteiger partial charge in [-0.15, -0.1) is 0 Å². The number of fused-ring (bicyclic) bond motifs is 3. The van der Waals surface area contributed by atoms with E-state index in [1.54, 1.807) is 48.5 Å². The molecule has 0 saturated carbocycles. The predicted molar refractivity (Wildman–Crippen MR) is 215 cm³/mol. The summed E-state index contributed by atoms with van der Waals surface area (Å²) in [5.41, 5.74) is 1.39. The van der Waals surface area contributed by atoms with E-state index < -0.39 is 65.5 Å². The second-order valence-corrected chi connectivity index (χ2v) is 14.5. The van der Waals surface area contributed by atoms with Crippen molar-refractivity contribution >= 4 is 29.6 Å². The maximum Gasteiger partial charge on any atom is 0.329 e. The molecule has 2 fully saturated rings. The number of para-hydroxylation sites is 2. The van der Waals surface area contributed by atoms with Crippen molar-refractivity contribution in [2.45, 2.75) is 42.6 Å². The normalized spacial score (nSPS) is 24.0. The molecule has 294 valence electrons. The van der Waals surface area contributed by atoms with E-state index >= 15 is 4.79 Å². The van der Waals surface area contributed by atoms with Gasteiger partial charge in [-0.1, -0.05) is 140 Å². The van der Waals surface area contributed by atoms with Gasteiger partial charge in [0.25, 0.3) is 0 Å². The van der Waals surface area contributed by atoms with E-state index in [2.05, 4.69) is 11.9 Å². The second kappa shape index (κ2) is 16.1. The molecule has 2 saturated heterocycles. The number of ether oxygens (including phenoxy) is 3. The SMILES string of the molecule is C=CCOC(=O)C1C2C(=O)OC(c3ccccc3)C(c3ccccc3)N2C(c2ccccc2OCCO)C12C(=O)N(C(=O)NC(C)c1ccccc1)c1ccccc12. The van der Waals surface area contributed by atoms with Crippen molar-refractivity contribution in [3.63, 3.8) is 0 Å². The first-order valence-electron chi connectivity index (χ1n) is 19.3. The highest BCUT2D eigenvalue weighted by Gasteiger charge is 2.76. The van der Waals surface area contributed by atoms with E-state index in [9.17, 15) is 19.5 Å². The summed E-state index contributed by atoms with van der Waals surface area (Å²) in [6.07, 6.45) is 0.525. The Hall–Kier alpha value is -6.56. The molecule has 3 aliphatic heterocycles.